The zero-order valence-electron chi connectivity index (χ0n) is 12.8. The summed E-state index contributed by atoms with van der Waals surface area (Å²) in [6.45, 7) is 6.93. The third-order valence-corrected chi connectivity index (χ3v) is 7.07. The number of nitrogens with zero attached hydrogens (tertiary/aromatic N) is 1. The molecule has 1 aromatic rings. The van der Waals surface area contributed by atoms with Gasteiger partial charge in [0, 0.05) is 23.6 Å². The van der Waals surface area contributed by atoms with Gasteiger partial charge in [-0.2, -0.15) is 4.31 Å². The Balaban J connectivity index is 2.51. The van der Waals surface area contributed by atoms with Crippen molar-refractivity contribution < 1.29 is 8.42 Å². The van der Waals surface area contributed by atoms with Gasteiger partial charge < -0.3 is 5.73 Å². The molecule has 21 heavy (non-hydrogen) atoms. The number of rotatable bonds is 4. The number of benzene rings is 1. The van der Waals surface area contributed by atoms with Crippen LogP contribution in [-0.2, 0) is 16.6 Å². The average Bonchev–Trinajstić information content (AvgIpc) is 2.91. The predicted octanol–water partition coefficient (Wildman–Crippen LogP) is 3.03. The molecular formula is C15H23BrN2O2S. The Kier molecular flexibility index (Phi) is 5.13. The van der Waals surface area contributed by atoms with E-state index in [4.69, 9.17) is 5.73 Å². The van der Waals surface area contributed by atoms with Crippen molar-refractivity contribution in [3.05, 3.63) is 27.7 Å². The minimum absolute atomic E-state index is 0.0923. The summed E-state index contributed by atoms with van der Waals surface area (Å²) in [7, 11) is -3.47. The van der Waals surface area contributed by atoms with Crippen LogP contribution in [-0.4, -0.2) is 25.3 Å². The van der Waals surface area contributed by atoms with Gasteiger partial charge in [0.1, 0.15) is 0 Å². The molecule has 1 fully saturated rings. The summed E-state index contributed by atoms with van der Waals surface area (Å²) in [5.41, 5.74) is 7.26. The van der Waals surface area contributed by atoms with Crippen LogP contribution in [0.1, 0.15) is 37.8 Å². The maximum atomic E-state index is 13.1. The van der Waals surface area contributed by atoms with Gasteiger partial charge in [-0.15, -0.1) is 0 Å². The molecule has 0 amide bonds. The lowest BCUT2D eigenvalue weighted by atomic mass is 10.0. The van der Waals surface area contributed by atoms with Crippen molar-refractivity contribution >= 4 is 26.0 Å². The molecule has 4 nitrogen and oxygen atoms in total. The van der Waals surface area contributed by atoms with Crippen molar-refractivity contribution in [2.75, 3.05) is 6.54 Å². The molecule has 0 radical (unpaired) electrons. The van der Waals surface area contributed by atoms with Gasteiger partial charge in [-0.05, 0) is 48.9 Å². The second-order valence-corrected chi connectivity index (χ2v) is 8.69. The standard InChI is InChI=1S/C15H23BrN2O2S/c1-10(2)14-5-4-6-18(14)21(19,20)15-8-12(9-17)7-13(16)11(15)3/h7-8,10,14H,4-6,9,17H2,1-3H3. The van der Waals surface area contributed by atoms with E-state index in [1.807, 2.05) is 13.0 Å². The first-order valence-corrected chi connectivity index (χ1v) is 9.53. The number of halogens is 1. The molecule has 0 spiro atoms. The summed E-state index contributed by atoms with van der Waals surface area (Å²) in [6, 6.07) is 3.69. The van der Waals surface area contributed by atoms with E-state index in [0.717, 1.165) is 28.4 Å². The molecule has 1 saturated heterocycles. The summed E-state index contributed by atoms with van der Waals surface area (Å²) in [4.78, 5) is 0.380. The molecular weight excluding hydrogens is 352 g/mol. The summed E-state index contributed by atoms with van der Waals surface area (Å²) in [5.74, 6) is 0.323. The van der Waals surface area contributed by atoms with Gasteiger partial charge >= 0.3 is 0 Å². The minimum Gasteiger partial charge on any atom is -0.326 e. The van der Waals surface area contributed by atoms with Gasteiger partial charge in [-0.25, -0.2) is 8.42 Å². The molecule has 1 atom stereocenters. The monoisotopic (exact) mass is 374 g/mol. The van der Waals surface area contributed by atoms with Crippen LogP contribution in [0.15, 0.2) is 21.5 Å². The van der Waals surface area contributed by atoms with Crippen LogP contribution in [0.5, 0.6) is 0 Å². The summed E-state index contributed by atoms with van der Waals surface area (Å²) in [6.07, 6.45) is 1.87. The Hall–Kier alpha value is -0.430. The number of hydrogen-bond donors (Lipinski definition) is 1. The fraction of sp³-hybridized carbons (Fsp3) is 0.600. The second-order valence-electron chi connectivity index (χ2n) is 5.97. The van der Waals surface area contributed by atoms with E-state index in [1.165, 1.54) is 0 Å². The smallest absolute Gasteiger partial charge is 0.243 e. The van der Waals surface area contributed by atoms with Crippen LogP contribution in [0, 0.1) is 12.8 Å². The molecule has 0 aromatic heterocycles. The van der Waals surface area contributed by atoms with Crippen molar-refractivity contribution in [1.82, 2.24) is 4.31 Å². The molecule has 6 heteroatoms. The Bertz CT molecular complexity index is 629. The van der Waals surface area contributed by atoms with Gasteiger partial charge in [0.25, 0.3) is 0 Å². The first-order chi connectivity index (χ1) is 9.78. The van der Waals surface area contributed by atoms with E-state index < -0.39 is 10.0 Å². The van der Waals surface area contributed by atoms with Crippen molar-refractivity contribution in [1.29, 1.82) is 0 Å². The number of nitrogens with two attached hydrogens (primary N) is 1. The topological polar surface area (TPSA) is 63.4 Å². The predicted molar refractivity (Wildman–Crippen MR) is 88.5 cm³/mol. The third-order valence-electron chi connectivity index (χ3n) is 4.20. The van der Waals surface area contributed by atoms with Crippen LogP contribution < -0.4 is 5.73 Å². The molecule has 1 aliphatic heterocycles. The van der Waals surface area contributed by atoms with Gasteiger partial charge in [0.2, 0.25) is 10.0 Å². The zero-order chi connectivity index (χ0) is 15.8. The van der Waals surface area contributed by atoms with E-state index in [0.29, 0.717) is 23.9 Å². The number of hydrogen-bond acceptors (Lipinski definition) is 3. The minimum atomic E-state index is -3.47. The van der Waals surface area contributed by atoms with Crippen molar-refractivity contribution in [3.63, 3.8) is 0 Å². The Labute approximate surface area is 135 Å². The van der Waals surface area contributed by atoms with Crippen LogP contribution >= 0.6 is 15.9 Å². The molecule has 0 bridgehead atoms. The Morgan fingerprint density at radius 3 is 2.67 bits per heavy atom. The molecule has 1 aromatic carbocycles. The van der Waals surface area contributed by atoms with Gasteiger partial charge in [-0.1, -0.05) is 29.8 Å². The lowest BCUT2D eigenvalue weighted by Crippen LogP contribution is -2.38. The number of sulfonamides is 1. The highest BCUT2D eigenvalue weighted by Gasteiger charge is 2.37. The lowest BCUT2D eigenvalue weighted by molar-refractivity contribution is 0.315. The summed E-state index contributed by atoms with van der Waals surface area (Å²) >= 11 is 3.44. The van der Waals surface area contributed by atoms with E-state index in [1.54, 1.807) is 10.4 Å². The highest BCUT2D eigenvalue weighted by Crippen LogP contribution is 2.33. The highest BCUT2D eigenvalue weighted by atomic mass is 79.9. The molecule has 2 rings (SSSR count). The van der Waals surface area contributed by atoms with Gasteiger partial charge in [0.15, 0.2) is 0 Å². The van der Waals surface area contributed by atoms with Crippen LogP contribution in [0.4, 0.5) is 0 Å². The quantitative estimate of drug-likeness (QED) is 0.880. The van der Waals surface area contributed by atoms with Crippen molar-refractivity contribution in [2.45, 2.75) is 51.1 Å². The summed E-state index contributed by atoms with van der Waals surface area (Å²) < 4.78 is 28.6. The first-order valence-electron chi connectivity index (χ1n) is 7.30. The summed E-state index contributed by atoms with van der Waals surface area (Å²) in [5, 5.41) is 0. The molecule has 1 heterocycles. The normalized spacial score (nSPS) is 20.4. The van der Waals surface area contributed by atoms with E-state index in [2.05, 4.69) is 29.8 Å². The third kappa shape index (κ3) is 3.18. The first kappa shape index (κ1) is 16.9. The van der Waals surface area contributed by atoms with E-state index in [-0.39, 0.29) is 6.04 Å². The van der Waals surface area contributed by atoms with Crippen LogP contribution in [0.3, 0.4) is 0 Å². The van der Waals surface area contributed by atoms with E-state index >= 15 is 0 Å². The zero-order valence-corrected chi connectivity index (χ0v) is 15.2. The molecule has 118 valence electrons. The maximum Gasteiger partial charge on any atom is 0.243 e. The highest BCUT2D eigenvalue weighted by molar-refractivity contribution is 9.10. The van der Waals surface area contributed by atoms with E-state index in [9.17, 15) is 8.42 Å². The Morgan fingerprint density at radius 1 is 1.43 bits per heavy atom. The molecule has 1 unspecified atom stereocenters. The van der Waals surface area contributed by atoms with Crippen molar-refractivity contribution in [2.24, 2.45) is 11.7 Å². The lowest BCUT2D eigenvalue weighted by Gasteiger charge is -2.28. The maximum absolute atomic E-state index is 13.1. The largest absolute Gasteiger partial charge is 0.326 e. The molecule has 0 saturated carbocycles. The Morgan fingerprint density at radius 2 is 2.10 bits per heavy atom. The van der Waals surface area contributed by atoms with Gasteiger partial charge in [0.05, 0.1) is 4.90 Å². The SMILES string of the molecule is Cc1c(Br)cc(CN)cc1S(=O)(=O)N1CCCC1C(C)C. The van der Waals surface area contributed by atoms with Crippen molar-refractivity contribution in [3.8, 4) is 0 Å². The fourth-order valence-corrected chi connectivity index (χ4v) is 5.71. The average molecular weight is 375 g/mol. The van der Waals surface area contributed by atoms with Crippen LogP contribution in [0.2, 0.25) is 0 Å². The molecule has 2 N–H and O–H groups in total. The van der Waals surface area contributed by atoms with Crippen LogP contribution in [0.25, 0.3) is 0 Å². The van der Waals surface area contributed by atoms with Gasteiger partial charge in [-0.3, -0.25) is 0 Å². The second kappa shape index (κ2) is 6.36. The fourth-order valence-electron chi connectivity index (χ4n) is 2.95. The molecule has 1 aliphatic rings. The molecule has 0 aliphatic carbocycles.